The van der Waals surface area contributed by atoms with Gasteiger partial charge in [-0.15, -0.1) is 11.8 Å². The van der Waals surface area contributed by atoms with Crippen molar-refractivity contribution >= 4 is 23.5 Å². The van der Waals surface area contributed by atoms with Gasteiger partial charge in [-0.1, -0.05) is 25.1 Å². The van der Waals surface area contributed by atoms with Crippen LogP contribution in [0.4, 0.5) is 0 Å². The Morgan fingerprint density at radius 2 is 2.07 bits per heavy atom. The van der Waals surface area contributed by atoms with Crippen LogP contribution >= 0.6 is 11.8 Å². The van der Waals surface area contributed by atoms with E-state index in [2.05, 4.69) is 12.1 Å². The van der Waals surface area contributed by atoms with Crippen molar-refractivity contribution in [2.75, 3.05) is 25.6 Å². The summed E-state index contributed by atoms with van der Waals surface area (Å²) >= 11 is 1.66. The first-order valence-corrected chi connectivity index (χ1v) is 10.8. The molecule has 1 aliphatic heterocycles. The zero-order valence-electron chi connectivity index (χ0n) is 16.1. The Morgan fingerprint density at radius 3 is 2.85 bits per heavy atom. The average molecular weight is 395 g/mol. The Labute approximate surface area is 166 Å². The van der Waals surface area contributed by atoms with Crippen molar-refractivity contribution in [2.24, 2.45) is 0 Å². The first-order valence-electron chi connectivity index (χ1n) is 9.80. The molecule has 0 amide bonds. The fourth-order valence-electron chi connectivity index (χ4n) is 2.88. The number of ketones is 1. The highest BCUT2D eigenvalue weighted by atomic mass is 32.2. The van der Waals surface area contributed by atoms with E-state index >= 15 is 0 Å². The van der Waals surface area contributed by atoms with Crippen LogP contribution in [-0.4, -0.2) is 43.6 Å². The summed E-state index contributed by atoms with van der Waals surface area (Å²) in [6.45, 7) is 3.66. The maximum absolute atomic E-state index is 11.6. The Bertz CT molecular complexity index is 584. The van der Waals surface area contributed by atoms with E-state index in [-0.39, 0.29) is 18.5 Å². The van der Waals surface area contributed by atoms with Crippen LogP contribution in [0.1, 0.15) is 51.0 Å². The summed E-state index contributed by atoms with van der Waals surface area (Å²) in [5.74, 6) is 0.183. The van der Waals surface area contributed by atoms with Crippen molar-refractivity contribution in [3.05, 3.63) is 29.8 Å². The summed E-state index contributed by atoms with van der Waals surface area (Å²) in [5.41, 5.74) is 1.22. The van der Waals surface area contributed by atoms with Crippen LogP contribution in [0, 0.1) is 0 Å². The monoisotopic (exact) mass is 394 g/mol. The number of esters is 1. The highest BCUT2D eigenvalue weighted by molar-refractivity contribution is 7.99. The second-order valence-corrected chi connectivity index (χ2v) is 7.70. The maximum atomic E-state index is 11.6. The van der Waals surface area contributed by atoms with Crippen molar-refractivity contribution in [3.63, 3.8) is 0 Å². The van der Waals surface area contributed by atoms with E-state index in [0.717, 1.165) is 32.3 Å². The van der Waals surface area contributed by atoms with Gasteiger partial charge in [-0.25, -0.2) is 0 Å². The molecular weight excluding hydrogens is 364 g/mol. The summed E-state index contributed by atoms with van der Waals surface area (Å²) in [4.78, 5) is 24.2. The molecule has 0 saturated carbocycles. The van der Waals surface area contributed by atoms with E-state index in [1.165, 1.54) is 16.9 Å². The molecule has 0 radical (unpaired) electrons. The summed E-state index contributed by atoms with van der Waals surface area (Å²) < 4.78 is 16.6. The molecule has 2 rings (SSSR count). The largest absolute Gasteiger partial charge is 0.464 e. The molecule has 1 unspecified atom stereocenters. The van der Waals surface area contributed by atoms with Crippen molar-refractivity contribution in [1.82, 2.24) is 0 Å². The van der Waals surface area contributed by atoms with Gasteiger partial charge in [0.25, 0.3) is 0 Å². The van der Waals surface area contributed by atoms with Gasteiger partial charge in [-0.05, 0) is 43.7 Å². The first kappa shape index (κ1) is 21.9. The molecular formula is C21H30O5S. The minimum Gasteiger partial charge on any atom is -0.464 e. The molecule has 6 heteroatoms. The van der Waals surface area contributed by atoms with Crippen LogP contribution < -0.4 is 0 Å². The summed E-state index contributed by atoms with van der Waals surface area (Å²) in [6, 6.07) is 8.20. The van der Waals surface area contributed by atoms with Crippen molar-refractivity contribution in [1.29, 1.82) is 0 Å². The fraction of sp³-hybridized carbons (Fsp3) is 0.619. The van der Waals surface area contributed by atoms with E-state index < -0.39 is 5.97 Å². The van der Waals surface area contributed by atoms with Gasteiger partial charge in [0.05, 0.1) is 6.61 Å². The second kappa shape index (κ2) is 12.9. The average Bonchev–Trinajstić information content (AvgIpc) is 2.67. The molecule has 0 bridgehead atoms. The van der Waals surface area contributed by atoms with Gasteiger partial charge >= 0.3 is 5.97 Å². The molecule has 1 heterocycles. The number of carbonyl (C=O) groups excluding carboxylic acids is 2. The van der Waals surface area contributed by atoms with Gasteiger partial charge in [0, 0.05) is 23.7 Å². The molecule has 150 valence electrons. The van der Waals surface area contributed by atoms with Gasteiger partial charge in [0.1, 0.15) is 18.8 Å². The molecule has 1 aromatic rings. The standard InChI is InChI=1S/C21H30O5S/c1-2-7-18(22)16-20(23)24-14-15-27-19-9-4-3-8-17(19)11-13-26-21-10-5-6-12-25-21/h3-4,8-9,21H,2,5-7,10-16H2,1H3. The van der Waals surface area contributed by atoms with Crippen molar-refractivity contribution in [3.8, 4) is 0 Å². The quantitative estimate of drug-likeness (QED) is 0.229. The lowest BCUT2D eigenvalue weighted by Crippen LogP contribution is -2.23. The normalized spacial score (nSPS) is 16.9. The maximum Gasteiger partial charge on any atom is 0.313 e. The SMILES string of the molecule is CCCC(=O)CC(=O)OCCSc1ccccc1CCOC1CCCCO1. The predicted molar refractivity (Wildman–Crippen MR) is 106 cm³/mol. The van der Waals surface area contributed by atoms with Gasteiger partial charge in [0.2, 0.25) is 0 Å². The van der Waals surface area contributed by atoms with Gasteiger partial charge in [0.15, 0.2) is 6.29 Å². The van der Waals surface area contributed by atoms with Crippen LogP contribution in [0.5, 0.6) is 0 Å². The molecule has 27 heavy (non-hydrogen) atoms. The number of rotatable bonds is 12. The van der Waals surface area contributed by atoms with E-state index in [1.807, 2.05) is 19.1 Å². The first-order chi connectivity index (χ1) is 13.2. The van der Waals surface area contributed by atoms with Crippen LogP contribution in [-0.2, 0) is 30.2 Å². The number of hydrogen-bond donors (Lipinski definition) is 0. The van der Waals surface area contributed by atoms with Gasteiger partial charge in [-0.3, -0.25) is 9.59 Å². The minimum absolute atomic E-state index is 0.0533. The molecule has 0 spiro atoms. The summed E-state index contributed by atoms with van der Waals surface area (Å²) in [6.07, 6.45) is 5.11. The fourth-order valence-corrected chi connectivity index (χ4v) is 3.80. The number of carbonyl (C=O) groups is 2. The molecule has 1 aromatic carbocycles. The van der Waals surface area contributed by atoms with Crippen LogP contribution in [0.25, 0.3) is 0 Å². The second-order valence-electron chi connectivity index (χ2n) is 6.56. The number of ether oxygens (including phenoxy) is 3. The highest BCUT2D eigenvalue weighted by Gasteiger charge is 2.14. The molecule has 0 aromatic heterocycles. The van der Waals surface area contributed by atoms with Crippen LogP contribution in [0.15, 0.2) is 29.2 Å². The number of thioether (sulfide) groups is 1. The van der Waals surface area contributed by atoms with E-state index in [1.54, 1.807) is 11.8 Å². The van der Waals surface area contributed by atoms with Crippen LogP contribution in [0.2, 0.25) is 0 Å². The summed E-state index contributed by atoms with van der Waals surface area (Å²) in [7, 11) is 0. The van der Waals surface area contributed by atoms with Gasteiger partial charge in [-0.2, -0.15) is 0 Å². The molecule has 0 N–H and O–H groups in total. The Kier molecular flexibility index (Phi) is 10.5. The summed E-state index contributed by atoms with van der Waals surface area (Å²) in [5, 5.41) is 0. The zero-order chi connectivity index (χ0) is 19.3. The van der Waals surface area contributed by atoms with E-state index in [9.17, 15) is 9.59 Å². The molecule has 5 nitrogen and oxygen atoms in total. The predicted octanol–water partition coefficient (Wildman–Crippen LogP) is 4.17. The van der Waals surface area contributed by atoms with Crippen LogP contribution in [0.3, 0.4) is 0 Å². The zero-order valence-corrected chi connectivity index (χ0v) is 16.9. The van der Waals surface area contributed by atoms with E-state index in [0.29, 0.717) is 25.4 Å². The Hall–Kier alpha value is -1.37. The third-order valence-electron chi connectivity index (χ3n) is 4.26. The Balaban J connectivity index is 1.67. The lowest BCUT2D eigenvalue weighted by Gasteiger charge is -2.22. The lowest BCUT2D eigenvalue weighted by atomic mass is 10.1. The number of hydrogen-bond acceptors (Lipinski definition) is 6. The Morgan fingerprint density at radius 1 is 1.22 bits per heavy atom. The van der Waals surface area contributed by atoms with Crippen molar-refractivity contribution in [2.45, 2.75) is 63.1 Å². The smallest absolute Gasteiger partial charge is 0.313 e. The number of Topliss-reactive ketones (excluding diaryl/α,β-unsaturated/α-hetero) is 1. The highest BCUT2D eigenvalue weighted by Crippen LogP contribution is 2.23. The van der Waals surface area contributed by atoms with E-state index in [4.69, 9.17) is 14.2 Å². The minimum atomic E-state index is -0.428. The molecule has 1 aliphatic rings. The van der Waals surface area contributed by atoms with Crippen molar-refractivity contribution < 1.29 is 23.8 Å². The molecule has 0 aliphatic carbocycles. The molecule has 1 saturated heterocycles. The third-order valence-corrected chi connectivity index (χ3v) is 5.34. The molecule has 1 fully saturated rings. The van der Waals surface area contributed by atoms with Gasteiger partial charge < -0.3 is 14.2 Å². The molecule has 1 atom stereocenters. The topological polar surface area (TPSA) is 61.8 Å². The number of benzene rings is 1. The lowest BCUT2D eigenvalue weighted by molar-refractivity contribution is -0.161. The third kappa shape index (κ3) is 8.91.